The van der Waals surface area contributed by atoms with E-state index in [0.717, 1.165) is 34.2 Å². The number of fused-ring (bicyclic) bond motifs is 1. The minimum atomic E-state index is 0.659. The molecule has 3 nitrogen and oxygen atoms in total. The molecule has 0 fully saturated rings. The van der Waals surface area contributed by atoms with Gasteiger partial charge in [0, 0.05) is 16.9 Å². The highest BCUT2D eigenvalue weighted by molar-refractivity contribution is 7.15. The fraction of sp³-hybridized carbons (Fsp3) is 0.348. The van der Waals surface area contributed by atoms with Gasteiger partial charge in [-0.3, -0.25) is 0 Å². The van der Waals surface area contributed by atoms with Crippen molar-refractivity contribution < 1.29 is 9.47 Å². The van der Waals surface area contributed by atoms with Gasteiger partial charge in [0.15, 0.2) is 0 Å². The van der Waals surface area contributed by atoms with Gasteiger partial charge in [-0.2, -0.15) is 0 Å². The summed E-state index contributed by atoms with van der Waals surface area (Å²) in [5.74, 6) is 1.88. The second-order valence-corrected chi connectivity index (χ2v) is 8.07. The Morgan fingerprint density at radius 3 is 2.56 bits per heavy atom. The number of ether oxygens (including phenoxy) is 2. The van der Waals surface area contributed by atoms with Crippen LogP contribution < -0.4 is 9.47 Å². The Bertz CT molecular complexity index is 915. The van der Waals surface area contributed by atoms with E-state index in [1.165, 1.54) is 35.3 Å². The minimum Gasteiger partial charge on any atom is -0.494 e. The zero-order valence-corrected chi connectivity index (χ0v) is 16.8. The fourth-order valence-corrected chi connectivity index (χ4v) is 4.51. The first-order chi connectivity index (χ1) is 13.2. The molecule has 2 aromatic carbocycles. The molecule has 1 aliphatic rings. The van der Waals surface area contributed by atoms with Crippen molar-refractivity contribution in [1.29, 1.82) is 0 Å². The summed E-state index contributed by atoms with van der Waals surface area (Å²) in [5, 5.41) is 1.06. The summed E-state index contributed by atoms with van der Waals surface area (Å²) in [5.41, 5.74) is 5.20. The Morgan fingerprint density at radius 2 is 1.74 bits per heavy atom. The van der Waals surface area contributed by atoms with Crippen LogP contribution in [0.25, 0.3) is 10.6 Å². The number of aromatic nitrogens is 1. The van der Waals surface area contributed by atoms with Crippen molar-refractivity contribution >= 4 is 11.3 Å². The summed E-state index contributed by atoms with van der Waals surface area (Å²) >= 11 is 1.74. The van der Waals surface area contributed by atoms with Gasteiger partial charge in [0.25, 0.3) is 0 Å². The summed E-state index contributed by atoms with van der Waals surface area (Å²) in [4.78, 5) is 6.10. The lowest BCUT2D eigenvalue weighted by Gasteiger charge is -2.07. The molecule has 0 bridgehead atoms. The monoisotopic (exact) mass is 379 g/mol. The van der Waals surface area contributed by atoms with E-state index in [2.05, 4.69) is 37.3 Å². The maximum Gasteiger partial charge on any atom is 0.123 e. The molecular weight excluding hydrogens is 354 g/mol. The molecule has 1 aromatic heterocycles. The van der Waals surface area contributed by atoms with E-state index in [9.17, 15) is 0 Å². The molecule has 0 radical (unpaired) electrons. The van der Waals surface area contributed by atoms with Gasteiger partial charge in [0.1, 0.15) is 16.5 Å². The van der Waals surface area contributed by atoms with Gasteiger partial charge in [0.2, 0.25) is 0 Å². The SMILES string of the molecule is CCOc1ccc(-c2nc(CCOc3ccc4c(c3)CCC4)c(C)s2)cc1. The van der Waals surface area contributed by atoms with Gasteiger partial charge in [-0.25, -0.2) is 4.98 Å². The Balaban J connectivity index is 1.38. The minimum absolute atomic E-state index is 0.659. The van der Waals surface area contributed by atoms with E-state index >= 15 is 0 Å². The summed E-state index contributed by atoms with van der Waals surface area (Å²) < 4.78 is 11.5. The number of hydrogen-bond acceptors (Lipinski definition) is 4. The Morgan fingerprint density at radius 1 is 0.963 bits per heavy atom. The van der Waals surface area contributed by atoms with Crippen LogP contribution in [0.1, 0.15) is 35.0 Å². The van der Waals surface area contributed by atoms with Crippen LogP contribution >= 0.6 is 11.3 Å². The molecular formula is C23H25NO2S. The topological polar surface area (TPSA) is 31.4 Å². The molecule has 0 amide bonds. The Labute approximate surface area is 165 Å². The molecule has 27 heavy (non-hydrogen) atoms. The maximum absolute atomic E-state index is 6.00. The molecule has 140 valence electrons. The van der Waals surface area contributed by atoms with Crippen LogP contribution in [-0.4, -0.2) is 18.2 Å². The van der Waals surface area contributed by atoms with Crippen molar-refractivity contribution in [3.05, 3.63) is 64.2 Å². The predicted octanol–water partition coefficient (Wildman–Crippen LogP) is 5.63. The first kappa shape index (κ1) is 18.1. The molecule has 0 N–H and O–H groups in total. The zero-order chi connectivity index (χ0) is 18.6. The van der Waals surface area contributed by atoms with Crippen LogP contribution in [0.5, 0.6) is 11.5 Å². The fourth-order valence-electron chi connectivity index (χ4n) is 3.55. The molecule has 0 unspecified atom stereocenters. The normalized spacial score (nSPS) is 12.8. The molecule has 0 saturated carbocycles. The van der Waals surface area contributed by atoms with Crippen molar-refractivity contribution in [3.63, 3.8) is 0 Å². The van der Waals surface area contributed by atoms with Crippen LogP contribution in [0.15, 0.2) is 42.5 Å². The quantitative estimate of drug-likeness (QED) is 0.533. The maximum atomic E-state index is 6.00. The van der Waals surface area contributed by atoms with Crippen LogP contribution in [-0.2, 0) is 19.3 Å². The average molecular weight is 380 g/mol. The van der Waals surface area contributed by atoms with Crippen molar-refractivity contribution in [3.8, 4) is 22.1 Å². The van der Waals surface area contributed by atoms with Crippen molar-refractivity contribution in [2.75, 3.05) is 13.2 Å². The summed E-state index contributed by atoms with van der Waals surface area (Å²) in [6, 6.07) is 14.7. The lowest BCUT2D eigenvalue weighted by molar-refractivity contribution is 0.320. The van der Waals surface area contributed by atoms with Gasteiger partial charge in [-0.05, 0) is 80.6 Å². The number of rotatable bonds is 7. The van der Waals surface area contributed by atoms with Gasteiger partial charge in [-0.1, -0.05) is 6.07 Å². The highest BCUT2D eigenvalue weighted by Gasteiger charge is 2.12. The standard InChI is InChI=1S/C23H25NO2S/c1-3-25-20-10-8-18(9-11-20)23-24-22(16(2)27-23)13-14-26-21-12-7-17-5-4-6-19(17)15-21/h7-12,15H,3-6,13-14H2,1-2H3. The lowest BCUT2D eigenvalue weighted by atomic mass is 10.1. The number of hydrogen-bond donors (Lipinski definition) is 0. The van der Waals surface area contributed by atoms with E-state index in [1.54, 1.807) is 11.3 Å². The summed E-state index contributed by atoms with van der Waals surface area (Å²) in [6.45, 7) is 5.48. The lowest BCUT2D eigenvalue weighted by Crippen LogP contribution is -2.03. The zero-order valence-electron chi connectivity index (χ0n) is 16.0. The molecule has 0 aliphatic heterocycles. The molecule has 1 aliphatic carbocycles. The first-order valence-electron chi connectivity index (χ1n) is 9.67. The largest absolute Gasteiger partial charge is 0.494 e. The molecule has 4 rings (SSSR count). The second kappa shape index (κ2) is 8.13. The molecule has 4 heteroatoms. The number of benzene rings is 2. The Kier molecular flexibility index (Phi) is 5.44. The molecule has 3 aromatic rings. The van der Waals surface area contributed by atoms with Gasteiger partial charge in [-0.15, -0.1) is 11.3 Å². The van der Waals surface area contributed by atoms with Crippen LogP contribution in [0.2, 0.25) is 0 Å². The third kappa shape index (κ3) is 4.16. The molecule has 1 heterocycles. The highest BCUT2D eigenvalue weighted by Crippen LogP contribution is 2.30. The molecule has 0 spiro atoms. The highest BCUT2D eigenvalue weighted by atomic mass is 32.1. The number of aryl methyl sites for hydroxylation is 3. The average Bonchev–Trinajstić information content (AvgIpc) is 3.29. The van der Waals surface area contributed by atoms with Crippen molar-refractivity contribution in [2.24, 2.45) is 0 Å². The number of nitrogens with zero attached hydrogens (tertiary/aromatic N) is 1. The van der Waals surface area contributed by atoms with E-state index in [1.807, 2.05) is 19.1 Å². The van der Waals surface area contributed by atoms with Crippen LogP contribution in [0, 0.1) is 6.92 Å². The smallest absolute Gasteiger partial charge is 0.123 e. The third-order valence-corrected chi connectivity index (χ3v) is 6.04. The van der Waals surface area contributed by atoms with Gasteiger partial charge >= 0.3 is 0 Å². The van der Waals surface area contributed by atoms with Crippen LogP contribution in [0.4, 0.5) is 0 Å². The number of thiazole rings is 1. The van der Waals surface area contributed by atoms with Crippen LogP contribution in [0.3, 0.4) is 0 Å². The van der Waals surface area contributed by atoms with E-state index in [4.69, 9.17) is 14.5 Å². The summed E-state index contributed by atoms with van der Waals surface area (Å²) in [6.07, 6.45) is 4.49. The van der Waals surface area contributed by atoms with Crippen molar-refractivity contribution in [1.82, 2.24) is 4.98 Å². The van der Waals surface area contributed by atoms with Gasteiger partial charge < -0.3 is 9.47 Å². The van der Waals surface area contributed by atoms with E-state index in [0.29, 0.717) is 13.2 Å². The van der Waals surface area contributed by atoms with Gasteiger partial charge in [0.05, 0.1) is 18.9 Å². The van der Waals surface area contributed by atoms with E-state index < -0.39 is 0 Å². The Hall–Kier alpha value is -2.33. The molecule has 0 atom stereocenters. The first-order valence-corrected chi connectivity index (χ1v) is 10.5. The predicted molar refractivity (Wildman–Crippen MR) is 111 cm³/mol. The van der Waals surface area contributed by atoms with Crippen molar-refractivity contribution in [2.45, 2.75) is 39.5 Å². The van der Waals surface area contributed by atoms with E-state index in [-0.39, 0.29) is 0 Å². The summed E-state index contributed by atoms with van der Waals surface area (Å²) in [7, 11) is 0. The second-order valence-electron chi connectivity index (χ2n) is 6.86. The molecule has 0 saturated heterocycles. The third-order valence-electron chi connectivity index (χ3n) is 4.98.